The van der Waals surface area contributed by atoms with Crippen LogP contribution in [-0.4, -0.2) is 61.1 Å². The van der Waals surface area contributed by atoms with Crippen molar-refractivity contribution >= 4 is 33.5 Å². The summed E-state index contributed by atoms with van der Waals surface area (Å²) < 4.78 is 20.9. The Morgan fingerprint density at radius 1 is 1.13 bits per heavy atom. The highest BCUT2D eigenvalue weighted by atomic mass is 79.9. The molecule has 0 aliphatic carbocycles. The molecule has 1 aromatic carbocycles. The number of aromatic nitrogens is 7. The van der Waals surface area contributed by atoms with E-state index in [0.717, 1.165) is 23.1 Å². The van der Waals surface area contributed by atoms with Gasteiger partial charge >= 0.3 is 0 Å². The molecule has 30 heavy (non-hydrogen) atoms. The Morgan fingerprint density at radius 3 is 2.73 bits per heavy atom. The van der Waals surface area contributed by atoms with Gasteiger partial charge in [0.25, 0.3) is 0 Å². The van der Waals surface area contributed by atoms with Crippen LogP contribution in [0.15, 0.2) is 34.9 Å². The lowest BCUT2D eigenvalue weighted by Crippen LogP contribution is -2.37. The Hall–Kier alpha value is -3.12. The molecule has 1 aliphatic heterocycles. The van der Waals surface area contributed by atoms with Crippen LogP contribution in [0.4, 0.5) is 16.3 Å². The van der Waals surface area contributed by atoms with E-state index in [1.54, 1.807) is 22.8 Å². The second-order valence-electron chi connectivity index (χ2n) is 6.64. The number of nitrogens with zero attached hydrogens (tertiary/aromatic N) is 7. The lowest BCUT2D eigenvalue weighted by molar-refractivity contribution is 0.122. The topological polar surface area (TPSA) is 109 Å². The van der Waals surface area contributed by atoms with Gasteiger partial charge in [0, 0.05) is 18.7 Å². The van der Waals surface area contributed by atoms with Crippen LogP contribution < -0.4 is 10.2 Å². The van der Waals surface area contributed by atoms with Crippen LogP contribution in [0, 0.1) is 5.82 Å². The van der Waals surface area contributed by atoms with Crippen molar-refractivity contribution in [2.45, 2.75) is 6.54 Å². The number of morpholine rings is 1. The molecule has 0 atom stereocenters. The van der Waals surface area contributed by atoms with Crippen molar-refractivity contribution in [3.05, 3.63) is 46.6 Å². The SMILES string of the molecule is Fc1ccc(-c2n[nH]c(CNc3nc(N4CCOCC4)nc4c(Br)cnn34)n2)cc1. The Kier molecular flexibility index (Phi) is 5.01. The summed E-state index contributed by atoms with van der Waals surface area (Å²) in [6.45, 7) is 3.08. The molecule has 1 saturated heterocycles. The summed E-state index contributed by atoms with van der Waals surface area (Å²) >= 11 is 3.49. The van der Waals surface area contributed by atoms with Crippen molar-refractivity contribution in [1.82, 2.24) is 34.8 Å². The van der Waals surface area contributed by atoms with E-state index in [-0.39, 0.29) is 5.82 Å². The fraction of sp³-hybridized carbons (Fsp3) is 0.278. The molecular weight excluding hydrogens is 457 g/mol. The zero-order chi connectivity index (χ0) is 20.5. The van der Waals surface area contributed by atoms with Crippen molar-refractivity contribution in [1.29, 1.82) is 0 Å². The summed E-state index contributed by atoms with van der Waals surface area (Å²) in [5, 5.41) is 14.7. The van der Waals surface area contributed by atoms with Crippen LogP contribution in [0.5, 0.6) is 0 Å². The van der Waals surface area contributed by atoms with Gasteiger partial charge in [-0.25, -0.2) is 9.37 Å². The highest BCUT2D eigenvalue weighted by Crippen LogP contribution is 2.22. The van der Waals surface area contributed by atoms with E-state index in [1.165, 1.54) is 12.1 Å². The highest BCUT2D eigenvalue weighted by molar-refractivity contribution is 9.10. The third-order valence-electron chi connectivity index (χ3n) is 4.66. The van der Waals surface area contributed by atoms with Crippen molar-refractivity contribution < 1.29 is 9.13 Å². The van der Waals surface area contributed by atoms with Crippen LogP contribution in [0.25, 0.3) is 17.0 Å². The van der Waals surface area contributed by atoms with Crippen molar-refractivity contribution in [2.24, 2.45) is 0 Å². The number of halogens is 2. The lowest BCUT2D eigenvalue weighted by atomic mass is 10.2. The minimum atomic E-state index is -0.301. The molecule has 0 spiro atoms. The standard InChI is InChI=1S/C18H17BrFN9O/c19-13-9-22-29-16(13)24-18(28-5-7-30-8-6-28)25-17(29)21-10-14-23-15(27-26-14)11-1-3-12(20)4-2-11/h1-4,9H,5-8,10H2,(H,21,24,25)(H,23,26,27). The largest absolute Gasteiger partial charge is 0.378 e. The molecule has 5 rings (SSSR count). The lowest BCUT2D eigenvalue weighted by Gasteiger charge is -2.27. The summed E-state index contributed by atoms with van der Waals surface area (Å²) in [7, 11) is 0. The van der Waals surface area contributed by atoms with Crippen LogP contribution >= 0.6 is 15.9 Å². The van der Waals surface area contributed by atoms with E-state index >= 15 is 0 Å². The van der Waals surface area contributed by atoms with Gasteiger partial charge in [0.1, 0.15) is 11.6 Å². The van der Waals surface area contributed by atoms with Gasteiger partial charge in [0.05, 0.1) is 30.4 Å². The molecular formula is C18H17BrFN9O. The number of fused-ring (bicyclic) bond motifs is 1. The molecule has 0 radical (unpaired) electrons. The van der Waals surface area contributed by atoms with Gasteiger partial charge in [-0.15, -0.1) is 0 Å². The van der Waals surface area contributed by atoms with Gasteiger partial charge in [0.15, 0.2) is 11.5 Å². The molecule has 10 nitrogen and oxygen atoms in total. The molecule has 2 N–H and O–H groups in total. The van der Waals surface area contributed by atoms with Gasteiger partial charge in [-0.1, -0.05) is 0 Å². The molecule has 12 heteroatoms. The zero-order valence-corrected chi connectivity index (χ0v) is 17.3. The van der Waals surface area contributed by atoms with Crippen molar-refractivity contribution in [2.75, 3.05) is 36.5 Å². The van der Waals surface area contributed by atoms with Crippen LogP contribution in [0.3, 0.4) is 0 Å². The van der Waals surface area contributed by atoms with E-state index < -0.39 is 0 Å². The molecule has 1 aliphatic rings. The highest BCUT2D eigenvalue weighted by Gasteiger charge is 2.18. The fourth-order valence-electron chi connectivity index (χ4n) is 3.12. The first-order chi connectivity index (χ1) is 14.7. The maximum absolute atomic E-state index is 13.1. The molecule has 1 fully saturated rings. The van der Waals surface area contributed by atoms with Gasteiger partial charge in [-0.3, -0.25) is 5.10 Å². The average Bonchev–Trinajstić information content (AvgIpc) is 3.40. The Labute approximate surface area is 178 Å². The molecule has 0 amide bonds. The number of nitrogens with one attached hydrogen (secondary N) is 2. The number of hydrogen-bond donors (Lipinski definition) is 2. The normalized spacial score (nSPS) is 14.4. The van der Waals surface area contributed by atoms with E-state index in [0.29, 0.717) is 49.0 Å². The predicted octanol–water partition coefficient (Wildman–Crippen LogP) is 2.26. The van der Waals surface area contributed by atoms with E-state index in [9.17, 15) is 4.39 Å². The monoisotopic (exact) mass is 473 g/mol. The first-order valence-corrected chi connectivity index (χ1v) is 10.1. The zero-order valence-electron chi connectivity index (χ0n) is 15.7. The Bertz CT molecular complexity index is 1170. The number of benzene rings is 1. The summed E-state index contributed by atoms with van der Waals surface area (Å²) in [5.74, 6) is 1.95. The van der Waals surface area contributed by atoms with E-state index in [1.807, 2.05) is 0 Å². The first-order valence-electron chi connectivity index (χ1n) is 9.32. The second kappa shape index (κ2) is 7.95. The molecule has 154 valence electrons. The molecule has 3 aromatic heterocycles. The van der Waals surface area contributed by atoms with Gasteiger partial charge < -0.3 is 15.0 Å². The number of rotatable bonds is 5. The quantitative estimate of drug-likeness (QED) is 0.454. The van der Waals surface area contributed by atoms with E-state index in [2.05, 4.69) is 56.4 Å². The molecule has 4 heterocycles. The van der Waals surface area contributed by atoms with E-state index in [4.69, 9.17) is 4.74 Å². The molecule has 0 bridgehead atoms. The summed E-state index contributed by atoms with van der Waals surface area (Å²) in [6.07, 6.45) is 1.68. The summed E-state index contributed by atoms with van der Waals surface area (Å²) in [6, 6.07) is 6.03. The first kappa shape index (κ1) is 18.9. The number of H-pyrrole nitrogens is 1. The van der Waals surface area contributed by atoms with Crippen LogP contribution in [-0.2, 0) is 11.3 Å². The molecule has 0 saturated carbocycles. The minimum Gasteiger partial charge on any atom is -0.378 e. The maximum Gasteiger partial charge on any atom is 0.230 e. The predicted molar refractivity (Wildman–Crippen MR) is 111 cm³/mol. The summed E-state index contributed by atoms with van der Waals surface area (Å²) in [4.78, 5) is 15.8. The number of ether oxygens (including phenoxy) is 1. The minimum absolute atomic E-state index is 0.301. The average molecular weight is 474 g/mol. The third kappa shape index (κ3) is 3.71. The van der Waals surface area contributed by atoms with Crippen LogP contribution in [0.2, 0.25) is 0 Å². The smallest absolute Gasteiger partial charge is 0.230 e. The van der Waals surface area contributed by atoms with Crippen molar-refractivity contribution in [3.63, 3.8) is 0 Å². The Balaban J connectivity index is 1.39. The van der Waals surface area contributed by atoms with Gasteiger partial charge in [0.2, 0.25) is 11.9 Å². The maximum atomic E-state index is 13.1. The summed E-state index contributed by atoms with van der Waals surface area (Å²) in [5.41, 5.74) is 1.40. The fourth-order valence-corrected chi connectivity index (χ4v) is 3.47. The van der Waals surface area contributed by atoms with Gasteiger partial charge in [-0.2, -0.15) is 24.7 Å². The Morgan fingerprint density at radius 2 is 1.93 bits per heavy atom. The van der Waals surface area contributed by atoms with Crippen molar-refractivity contribution in [3.8, 4) is 11.4 Å². The van der Waals surface area contributed by atoms with Gasteiger partial charge in [-0.05, 0) is 40.2 Å². The van der Waals surface area contributed by atoms with Crippen LogP contribution in [0.1, 0.15) is 5.82 Å². The number of anilines is 2. The number of hydrogen-bond acceptors (Lipinski definition) is 8. The molecule has 4 aromatic rings. The number of aromatic amines is 1. The molecule has 0 unspecified atom stereocenters. The third-order valence-corrected chi connectivity index (χ3v) is 5.21. The second-order valence-corrected chi connectivity index (χ2v) is 7.50.